The molecule has 5 heteroatoms. The van der Waals surface area contributed by atoms with E-state index in [1.54, 1.807) is 23.6 Å². The van der Waals surface area contributed by atoms with Crippen LogP contribution in [0.2, 0.25) is 0 Å². The summed E-state index contributed by atoms with van der Waals surface area (Å²) in [7, 11) is 2.98. The molecule has 3 aromatic rings. The lowest BCUT2D eigenvalue weighted by Gasteiger charge is -2.04. The van der Waals surface area contributed by atoms with Crippen molar-refractivity contribution in [2.75, 3.05) is 14.2 Å². The second-order valence-electron chi connectivity index (χ2n) is 4.47. The first-order valence-corrected chi connectivity index (χ1v) is 6.44. The Morgan fingerprint density at radius 2 is 1.95 bits per heavy atom. The average molecular weight is 282 g/mol. The van der Waals surface area contributed by atoms with Gasteiger partial charge in [-0.25, -0.2) is 9.78 Å². The topological polar surface area (TPSA) is 52.8 Å². The molecule has 5 nitrogen and oxygen atoms in total. The lowest BCUT2D eigenvalue weighted by atomic mass is 10.1. The van der Waals surface area contributed by atoms with Crippen LogP contribution in [0.15, 0.2) is 48.8 Å². The standard InChI is InChI=1S/C16H14N2O3/c1-20-14-8-4-3-6-11(14)13-10-18-9-5-7-12(15(18)17-13)16(19)21-2/h3-10H,1-2H3. The zero-order chi connectivity index (χ0) is 14.8. The zero-order valence-corrected chi connectivity index (χ0v) is 11.7. The van der Waals surface area contributed by atoms with Gasteiger partial charge in [-0.15, -0.1) is 0 Å². The predicted molar refractivity (Wildman–Crippen MR) is 78.5 cm³/mol. The van der Waals surface area contributed by atoms with Crippen LogP contribution >= 0.6 is 0 Å². The summed E-state index contributed by atoms with van der Waals surface area (Å²) in [5, 5.41) is 0. The number of nitrogens with zero attached hydrogens (tertiary/aromatic N) is 2. The van der Waals surface area contributed by atoms with Gasteiger partial charge in [-0.3, -0.25) is 0 Å². The number of hydrogen-bond acceptors (Lipinski definition) is 4. The van der Waals surface area contributed by atoms with Crippen LogP contribution < -0.4 is 4.74 Å². The molecule has 0 amide bonds. The van der Waals surface area contributed by atoms with Gasteiger partial charge >= 0.3 is 5.97 Å². The molecule has 21 heavy (non-hydrogen) atoms. The number of carbonyl (C=O) groups excluding carboxylic acids is 1. The third kappa shape index (κ3) is 2.23. The quantitative estimate of drug-likeness (QED) is 0.693. The molecule has 0 atom stereocenters. The maximum atomic E-state index is 11.8. The van der Waals surface area contributed by atoms with Gasteiger partial charge in [0.15, 0.2) is 5.65 Å². The van der Waals surface area contributed by atoms with Crippen molar-refractivity contribution in [3.63, 3.8) is 0 Å². The van der Waals surface area contributed by atoms with Crippen molar-refractivity contribution < 1.29 is 14.3 Å². The highest BCUT2D eigenvalue weighted by Gasteiger charge is 2.15. The van der Waals surface area contributed by atoms with Crippen LogP contribution in [0.5, 0.6) is 5.75 Å². The molecule has 2 heterocycles. The predicted octanol–water partition coefficient (Wildman–Crippen LogP) is 2.80. The molecular weight excluding hydrogens is 268 g/mol. The second kappa shape index (κ2) is 5.28. The van der Waals surface area contributed by atoms with Gasteiger partial charge in [-0.05, 0) is 24.3 Å². The summed E-state index contributed by atoms with van der Waals surface area (Å²) in [5.41, 5.74) is 2.61. The second-order valence-corrected chi connectivity index (χ2v) is 4.47. The number of carbonyl (C=O) groups is 1. The molecule has 0 aliphatic carbocycles. The van der Waals surface area contributed by atoms with Crippen molar-refractivity contribution in [1.29, 1.82) is 0 Å². The monoisotopic (exact) mass is 282 g/mol. The van der Waals surface area contributed by atoms with Crippen LogP contribution in [-0.4, -0.2) is 29.6 Å². The van der Waals surface area contributed by atoms with E-state index in [1.807, 2.05) is 36.7 Å². The molecule has 0 saturated heterocycles. The van der Waals surface area contributed by atoms with Crippen LogP contribution in [0.1, 0.15) is 10.4 Å². The molecule has 0 bridgehead atoms. The number of benzene rings is 1. The highest BCUT2D eigenvalue weighted by atomic mass is 16.5. The van der Waals surface area contributed by atoms with Gasteiger partial charge in [-0.2, -0.15) is 0 Å². The number of imidazole rings is 1. The van der Waals surface area contributed by atoms with Gasteiger partial charge in [0, 0.05) is 18.0 Å². The summed E-state index contributed by atoms with van der Waals surface area (Å²) in [4.78, 5) is 16.3. The fraction of sp³-hybridized carbons (Fsp3) is 0.125. The van der Waals surface area contributed by atoms with Crippen LogP contribution in [0.25, 0.3) is 16.9 Å². The van der Waals surface area contributed by atoms with Gasteiger partial charge in [0.05, 0.1) is 19.9 Å². The Hall–Kier alpha value is -2.82. The van der Waals surface area contributed by atoms with E-state index < -0.39 is 5.97 Å². The first kappa shape index (κ1) is 13.2. The Kier molecular flexibility index (Phi) is 3.31. The first-order chi connectivity index (χ1) is 10.2. The van der Waals surface area contributed by atoms with Crippen molar-refractivity contribution in [1.82, 2.24) is 9.38 Å². The van der Waals surface area contributed by atoms with Crippen molar-refractivity contribution >= 4 is 11.6 Å². The molecule has 0 aliphatic rings. The van der Waals surface area contributed by atoms with Crippen molar-refractivity contribution in [2.24, 2.45) is 0 Å². The largest absolute Gasteiger partial charge is 0.496 e. The third-order valence-corrected chi connectivity index (χ3v) is 3.27. The number of pyridine rings is 1. The number of esters is 1. The van der Waals surface area contributed by atoms with Crippen molar-refractivity contribution in [3.05, 3.63) is 54.4 Å². The minimum Gasteiger partial charge on any atom is -0.496 e. The van der Waals surface area contributed by atoms with E-state index in [9.17, 15) is 4.79 Å². The Bertz CT molecular complexity index is 808. The average Bonchev–Trinajstić information content (AvgIpc) is 2.97. The fourth-order valence-electron chi connectivity index (χ4n) is 2.27. The van der Waals surface area contributed by atoms with Crippen molar-refractivity contribution in [2.45, 2.75) is 0 Å². The molecule has 3 rings (SSSR count). The summed E-state index contributed by atoms with van der Waals surface area (Å²) in [6.07, 6.45) is 3.70. The number of hydrogen-bond donors (Lipinski definition) is 0. The Morgan fingerprint density at radius 3 is 2.71 bits per heavy atom. The lowest BCUT2D eigenvalue weighted by molar-refractivity contribution is 0.0602. The lowest BCUT2D eigenvalue weighted by Crippen LogP contribution is -2.03. The molecular formula is C16H14N2O3. The minimum absolute atomic E-state index is 0.405. The molecule has 0 N–H and O–H groups in total. The molecule has 0 aliphatic heterocycles. The maximum Gasteiger partial charge on any atom is 0.341 e. The van der Waals surface area contributed by atoms with Crippen LogP contribution in [-0.2, 0) is 4.74 Å². The number of rotatable bonds is 3. The van der Waals surface area contributed by atoms with Crippen LogP contribution in [0.4, 0.5) is 0 Å². The van der Waals surface area contributed by atoms with Gasteiger partial charge in [0.1, 0.15) is 11.3 Å². The fourth-order valence-corrected chi connectivity index (χ4v) is 2.27. The third-order valence-electron chi connectivity index (χ3n) is 3.27. The molecule has 1 aromatic carbocycles. The van der Waals surface area contributed by atoms with E-state index in [-0.39, 0.29) is 0 Å². The number of ether oxygens (including phenoxy) is 2. The van der Waals surface area contributed by atoms with Gasteiger partial charge in [-0.1, -0.05) is 12.1 Å². The van der Waals surface area contributed by atoms with Gasteiger partial charge in [0.2, 0.25) is 0 Å². The van der Waals surface area contributed by atoms with E-state index in [4.69, 9.17) is 9.47 Å². The SMILES string of the molecule is COC(=O)c1cccn2cc(-c3ccccc3OC)nc12. The number of fused-ring (bicyclic) bond motifs is 1. The minimum atomic E-state index is -0.405. The molecule has 0 unspecified atom stereocenters. The number of aromatic nitrogens is 2. The van der Waals surface area contributed by atoms with E-state index >= 15 is 0 Å². The first-order valence-electron chi connectivity index (χ1n) is 6.44. The van der Waals surface area contributed by atoms with E-state index in [2.05, 4.69) is 4.98 Å². The number of para-hydroxylation sites is 1. The highest BCUT2D eigenvalue weighted by Crippen LogP contribution is 2.29. The highest BCUT2D eigenvalue weighted by molar-refractivity contribution is 5.96. The van der Waals surface area contributed by atoms with E-state index in [0.717, 1.165) is 17.0 Å². The summed E-state index contributed by atoms with van der Waals surface area (Å²) in [6.45, 7) is 0. The van der Waals surface area contributed by atoms with Gasteiger partial charge < -0.3 is 13.9 Å². The number of methoxy groups -OCH3 is 2. The summed E-state index contributed by atoms with van der Waals surface area (Å²) in [6, 6.07) is 11.1. The Balaban J connectivity index is 2.20. The molecule has 2 aromatic heterocycles. The molecule has 0 spiro atoms. The smallest absolute Gasteiger partial charge is 0.341 e. The van der Waals surface area contributed by atoms with E-state index in [0.29, 0.717) is 11.2 Å². The summed E-state index contributed by atoms with van der Waals surface area (Å²) in [5.74, 6) is 0.332. The molecule has 0 saturated carbocycles. The maximum absolute atomic E-state index is 11.8. The molecule has 0 radical (unpaired) electrons. The zero-order valence-electron chi connectivity index (χ0n) is 11.7. The molecule has 106 valence electrons. The normalized spacial score (nSPS) is 10.6. The van der Waals surface area contributed by atoms with E-state index in [1.165, 1.54) is 7.11 Å². The summed E-state index contributed by atoms with van der Waals surface area (Å²) < 4.78 is 11.9. The van der Waals surface area contributed by atoms with Gasteiger partial charge in [0.25, 0.3) is 0 Å². The van der Waals surface area contributed by atoms with Crippen LogP contribution in [0, 0.1) is 0 Å². The molecule has 0 fully saturated rings. The van der Waals surface area contributed by atoms with Crippen molar-refractivity contribution in [3.8, 4) is 17.0 Å². The Labute approximate surface area is 121 Å². The summed E-state index contributed by atoms with van der Waals surface area (Å²) >= 11 is 0. The Morgan fingerprint density at radius 1 is 1.14 bits per heavy atom. The van der Waals surface area contributed by atoms with Crippen LogP contribution in [0.3, 0.4) is 0 Å².